The standard InChI is InChI=1S/C10H23N3O2/c1-4-8(5-10(11)13-15)12-9(6-14)7(2)3/h7-9,12,14-15H,4-6H2,1-3H3,(H2,11,13)/t8?,9-/m1/s1. The quantitative estimate of drug-likeness (QED) is 0.216. The van der Waals surface area contributed by atoms with Crippen LogP contribution in [0.5, 0.6) is 0 Å². The average molecular weight is 217 g/mol. The van der Waals surface area contributed by atoms with Gasteiger partial charge in [-0.2, -0.15) is 0 Å². The van der Waals surface area contributed by atoms with Gasteiger partial charge < -0.3 is 21.4 Å². The largest absolute Gasteiger partial charge is 0.409 e. The van der Waals surface area contributed by atoms with E-state index in [9.17, 15) is 0 Å². The molecule has 5 nitrogen and oxygen atoms in total. The number of aliphatic hydroxyl groups excluding tert-OH is 1. The van der Waals surface area contributed by atoms with Gasteiger partial charge in [0.2, 0.25) is 0 Å². The number of oxime groups is 1. The second-order valence-corrected chi connectivity index (χ2v) is 4.10. The predicted molar refractivity (Wildman–Crippen MR) is 61.0 cm³/mol. The van der Waals surface area contributed by atoms with Crippen LogP contribution < -0.4 is 11.1 Å². The minimum absolute atomic E-state index is 0.0569. The molecule has 0 saturated heterocycles. The van der Waals surface area contributed by atoms with Crippen LogP contribution in [0.1, 0.15) is 33.6 Å². The fraction of sp³-hybridized carbons (Fsp3) is 0.900. The van der Waals surface area contributed by atoms with E-state index in [-0.39, 0.29) is 24.5 Å². The molecule has 0 aliphatic heterocycles. The molecular weight excluding hydrogens is 194 g/mol. The number of nitrogens with zero attached hydrogens (tertiary/aromatic N) is 1. The summed E-state index contributed by atoms with van der Waals surface area (Å²) < 4.78 is 0. The number of amidine groups is 1. The van der Waals surface area contributed by atoms with Crippen LogP contribution in [0.2, 0.25) is 0 Å². The van der Waals surface area contributed by atoms with Crippen molar-refractivity contribution in [1.29, 1.82) is 0 Å². The smallest absolute Gasteiger partial charge is 0.140 e. The van der Waals surface area contributed by atoms with Crippen LogP contribution in [0.25, 0.3) is 0 Å². The molecule has 0 spiro atoms. The molecule has 5 heteroatoms. The van der Waals surface area contributed by atoms with Gasteiger partial charge in [-0.25, -0.2) is 0 Å². The van der Waals surface area contributed by atoms with Crippen LogP contribution in [0.4, 0.5) is 0 Å². The highest BCUT2D eigenvalue weighted by atomic mass is 16.4. The molecule has 0 bridgehead atoms. The molecule has 90 valence electrons. The molecule has 0 saturated carbocycles. The summed E-state index contributed by atoms with van der Waals surface area (Å²) >= 11 is 0. The summed E-state index contributed by atoms with van der Waals surface area (Å²) in [7, 11) is 0. The summed E-state index contributed by atoms with van der Waals surface area (Å²) in [4.78, 5) is 0. The highest BCUT2D eigenvalue weighted by molar-refractivity contribution is 5.80. The number of rotatable bonds is 7. The molecule has 2 atom stereocenters. The van der Waals surface area contributed by atoms with E-state index in [1.54, 1.807) is 0 Å². The van der Waals surface area contributed by atoms with E-state index in [1.807, 2.05) is 20.8 Å². The maximum atomic E-state index is 9.16. The Balaban J connectivity index is 4.18. The fourth-order valence-electron chi connectivity index (χ4n) is 1.37. The third kappa shape index (κ3) is 5.59. The Morgan fingerprint density at radius 2 is 2.07 bits per heavy atom. The Hall–Kier alpha value is -0.810. The zero-order valence-electron chi connectivity index (χ0n) is 9.77. The molecule has 15 heavy (non-hydrogen) atoms. The van der Waals surface area contributed by atoms with Gasteiger partial charge in [0.25, 0.3) is 0 Å². The lowest BCUT2D eigenvalue weighted by atomic mass is 10.0. The molecule has 0 aromatic carbocycles. The third-order valence-electron chi connectivity index (χ3n) is 2.53. The van der Waals surface area contributed by atoms with Gasteiger partial charge in [-0.1, -0.05) is 25.9 Å². The number of hydrogen-bond donors (Lipinski definition) is 4. The lowest BCUT2D eigenvalue weighted by molar-refractivity contribution is 0.198. The van der Waals surface area contributed by atoms with Crippen molar-refractivity contribution in [2.75, 3.05) is 6.61 Å². The number of nitrogens with two attached hydrogens (primary N) is 1. The van der Waals surface area contributed by atoms with Crippen LogP contribution in [0.15, 0.2) is 5.16 Å². The molecule has 0 aromatic rings. The summed E-state index contributed by atoms with van der Waals surface area (Å²) in [6, 6.07) is 0.196. The molecule has 1 unspecified atom stereocenters. The maximum Gasteiger partial charge on any atom is 0.140 e. The Morgan fingerprint density at radius 1 is 1.47 bits per heavy atom. The second-order valence-electron chi connectivity index (χ2n) is 4.10. The van der Waals surface area contributed by atoms with Crippen molar-refractivity contribution in [3.63, 3.8) is 0 Å². The Labute approximate surface area is 91.4 Å². The fourth-order valence-corrected chi connectivity index (χ4v) is 1.37. The lowest BCUT2D eigenvalue weighted by Gasteiger charge is -2.26. The van der Waals surface area contributed by atoms with Crippen LogP contribution >= 0.6 is 0 Å². The first-order valence-electron chi connectivity index (χ1n) is 5.38. The van der Waals surface area contributed by atoms with Crippen molar-refractivity contribution < 1.29 is 10.3 Å². The highest BCUT2D eigenvalue weighted by Gasteiger charge is 2.17. The molecule has 0 heterocycles. The van der Waals surface area contributed by atoms with Crippen LogP contribution in [-0.4, -0.2) is 34.8 Å². The van der Waals surface area contributed by atoms with Crippen LogP contribution in [0.3, 0.4) is 0 Å². The van der Waals surface area contributed by atoms with Crippen molar-refractivity contribution in [1.82, 2.24) is 5.32 Å². The zero-order valence-corrected chi connectivity index (χ0v) is 9.77. The van der Waals surface area contributed by atoms with E-state index < -0.39 is 0 Å². The van der Waals surface area contributed by atoms with Crippen LogP contribution in [-0.2, 0) is 0 Å². The summed E-state index contributed by atoms with van der Waals surface area (Å²) in [5, 5.41) is 23.9. The molecule has 5 N–H and O–H groups in total. The maximum absolute atomic E-state index is 9.16. The first kappa shape index (κ1) is 14.2. The SMILES string of the molecule is CCC(CC(N)=NO)N[C@H](CO)C(C)C. The molecule has 0 rings (SSSR count). The molecule has 0 aromatic heterocycles. The average Bonchev–Trinajstić information content (AvgIpc) is 2.22. The van der Waals surface area contributed by atoms with Crippen molar-refractivity contribution in [3.05, 3.63) is 0 Å². The van der Waals surface area contributed by atoms with Gasteiger partial charge in [0.15, 0.2) is 0 Å². The van der Waals surface area contributed by atoms with Gasteiger partial charge in [-0.15, -0.1) is 0 Å². The van der Waals surface area contributed by atoms with E-state index >= 15 is 0 Å². The van der Waals surface area contributed by atoms with Crippen molar-refractivity contribution in [2.24, 2.45) is 16.8 Å². The van der Waals surface area contributed by atoms with Gasteiger partial charge in [-0.05, 0) is 12.3 Å². The third-order valence-corrected chi connectivity index (χ3v) is 2.53. The molecule has 0 aliphatic rings. The minimum atomic E-state index is 0.0569. The topological polar surface area (TPSA) is 90.9 Å². The van der Waals surface area contributed by atoms with Gasteiger partial charge in [-0.3, -0.25) is 0 Å². The molecule has 0 radical (unpaired) electrons. The summed E-state index contributed by atoms with van der Waals surface area (Å²) in [5.41, 5.74) is 5.44. The van der Waals surface area contributed by atoms with Crippen molar-refractivity contribution in [3.8, 4) is 0 Å². The number of hydrogen-bond acceptors (Lipinski definition) is 4. The monoisotopic (exact) mass is 217 g/mol. The Bertz CT molecular complexity index is 195. The van der Waals surface area contributed by atoms with E-state index in [0.29, 0.717) is 12.3 Å². The van der Waals surface area contributed by atoms with Crippen molar-refractivity contribution >= 4 is 5.84 Å². The summed E-state index contributed by atoms with van der Waals surface area (Å²) in [5.74, 6) is 0.575. The highest BCUT2D eigenvalue weighted by Crippen LogP contribution is 2.06. The van der Waals surface area contributed by atoms with E-state index in [4.69, 9.17) is 16.0 Å². The lowest BCUT2D eigenvalue weighted by Crippen LogP contribution is -2.45. The van der Waals surface area contributed by atoms with Crippen LogP contribution in [0, 0.1) is 5.92 Å². The van der Waals surface area contributed by atoms with E-state index in [1.165, 1.54) is 0 Å². The molecular formula is C10H23N3O2. The predicted octanol–water partition coefficient (Wildman–Crippen LogP) is 0.508. The van der Waals surface area contributed by atoms with Gasteiger partial charge in [0, 0.05) is 18.5 Å². The summed E-state index contributed by atoms with van der Waals surface area (Å²) in [6.45, 7) is 6.22. The van der Waals surface area contributed by atoms with Gasteiger partial charge in [0.05, 0.1) is 6.61 Å². The first-order valence-corrected chi connectivity index (χ1v) is 5.38. The summed E-state index contributed by atoms with van der Waals surface area (Å²) in [6.07, 6.45) is 1.37. The zero-order chi connectivity index (χ0) is 11.8. The van der Waals surface area contributed by atoms with Crippen molar-refractivity contribution in [2.45, 2.75) is 45.7 Å². The second kappa shape index (κ2) is 7.48. The normalized spacial score (nSPS) is 16.7. The van der Waals surface area contributed by atoms with Gasteiger partial charge >= 0.3 is 0 Å². The molecule has 0 amide bonds. The minimum Gasteiger partial charge on any atom is -0.409 e. The Morgan fingerprint density at radius 3 is 2.40 bits per heavy atom. The first-order chi connectivity index (χ1) is 7.04. The Kier molecular flexibility index (Phi) is 7.07. The van der Waals surface area contributed by atoms with E-state index in [0.717, 1.165) is 6.42 Å². The molecule has 0 fully saturated rings. The number of nitrogens with one attached hydrogen (secondary N) is 1. The molecule has 0 aliphatic carbocycles. The van der Waals surface area contributed by atoms with E-state index in [2.05, 4.69) is 10.5 Å². The van der Waals surface area contributed by atoms with Gasteiger partial charge in [0.1, 0.15) is 5.84 Å². The number of aliphatic hydroxyl groups is 1.